The lowest BCUT2D eigenvalue weighted by atomic mass is 9.44. The molecule has 0 aromatic carbocycles. The van der Waals surface area contributed by atoms with E-state index in [1.54, 1.807) is 0 Å². The van der Waals surface area contributed by atoms with Gasteiger partial charge in [0.15, 0.2) is 5.78 Å². The molecule has 0 spiro atoms. The molecule has 6 heteroatoms. The van der Waals surface area contributed by atoms with Crippen molar-refractivity contribution in [3.63, 3.8) is 0 Å². The maximum absolute atomic E-state index is 13.4. The lowest BCUT2D eigenvalue weighted by molar-refractivity contribution is -0.180. The first-order valence-corrected chi connectivity index (χ1v) is 13.3. The Kier molecular flexibility index (Phi) is 7.14. The maximum atomic E-state index is 13.4. The molecule has 0 saturated heterocycles. The van der Waals surface area contributed by atoms with E-state index in [2.05, 4.69) is 6.92 Å². The fourth-order valence-electron chi connectivity index (χ4n) is 8.72. The minimum absolute atomic E-state index is 0.0154. The minimum Gasteiger partial charge on any atom is -0.393 e. The zero-order valence-corrected chi connectivity index (χ0v) is 20.5. The Labute approximate surface area is 198 Å². The summed E-state index contributed by atoms with van der Waals surface area (Å²) in [4.78, 5) is 25.7. The summed E-state index contributed by atoms with van der Waals surface area (Å²) in [6.07, 6.45) is 11.4. The third kappa shape index (κ3) is 4.13. The second-order valence-corrected chi connectivity index (χ2v) is 12.3. The summed E-state index contributed by atoms with van der Waals surface area (Å²) in [6, 6.07) is 0. The van der Waals surface area contributed by atoms with Crippen LogP contribution < -0.4 is 0 Å². The molecule has 5 aliphatic rings. The number of fused-ring (bicyclic) bond motifs is 5. The molecular weight excluding hydrogens is 420 g/mol. The van der Waals surface area contributed by atoms with Gasteiger partial charge in [-0.15, -0.1) is 0 Å². The molecule has 5 saturated carbocycles. The smallest absolute Gasteiger partial charge is 0.190 e. The highest BCUT2D eigenvalue weighted by atomic mass is 16.3. The van der Waals surface area contributed by atoms with Gasteiger partial charge in [-0.1, -0.05) is 33.1 Å². The Morgan fingerprint density at radius 3 is 2.24 bits per heavy atom. The molecule has 33 heavy (non-hydrogen) atoms. The predicted octanol–water partition coefficient (Wildman–Crippen LogP) is 3.17. The van der Waals surface area contributed by atoms with Crippen molar-refractivity contribution in [2.24, 2.45) is 34.5 Å². The third-order valence-corrected chi connectivity index (χ3v) is 10.7. The number of Topliss-reactive ketones (excluding diaryl/α,β-unsaturated/α-hetero) is 2. The Hall–Kier alpha value is -0.820. The number of hydrogen-bond donors (Lipinski definition) is 4. The molecule has 188 valence electrons. The lowest BCUT2D eigenvalue weighted by Gasteiger charge is -2.60. The van der Waals surface area contributed by atoms with Crippen molar-refractivity contribution in [1.29, 1.82) is 0 Å². The van der Waals surface area contributed by atoms with Gasteiger partial charge in [0.05, 0.1) is 12.2 Å². The topological polar surface area (TPSA) is 115 Å². The van der Waals surface area contributed by atoms with Gasteiger partial charge in [-0.3, -0.25) is 9.59 Å². The van der Waals surface area contributed by atoms with Crippen LogP contribution in [0.15, 0.2) is 0 Å². The Morgan fingerprint density at radius 2 is 1.64 bits per heavy atom. The van der Waals surface area contributed by atoms with E-state index in [1.165, 1.54) is 19.3 Å². The van der Waals surface area contributed by atoms with E-state index in [-0.39, 0.29) is 47.6 Å². The van der Waals surface area contributed by atoms with Gasteiger partial charge < -0.3 is 20.4 Å². The average molecular weight is 465 g/mol. The van der Waals surface area contributed by atoms with Crippen molar-refractivity contribution in [2.45, 2.75) is 115 Å². The number of carbonyl (C=O) groups excluding carboxylic acids is 2. The fourth-order valence-corrected chi connectivity index (χ4v) is 8.72. The standard InChI is InChI=1S/C21H32O5.C6H12O/c1-19-7-5-13(23)9-12(19)3-4-14-15-6-8-21(26,17(25)11-22)20(15,2)10-16(24)18(14)19;7-6-4-2-1-3-5-6/h12-15,18,22-23,26H,3-11H2,1-2H3;6-7H,1-5H2/t12-,13-,14+,15+,18-,19+,20+,21+;/m1./s1. The second-order valence-electron chi connectivity index (χ2n) is 12.3. The van der Waals surface area contributed by atoms with Crippen LogP contribution in [0.3, 0.4) is 0 Å². The van der Waals surface area contributed by atoms with Crippen molar-refractivity contribution in [3.8, 4) is 0 Å². The molecule has 0 aromatic rings. The Bertz CT molecular complexity index is 747. The number of aliphatic hydroxyl groups excluding tert-OH is 3. The predicted molar refractivity (Wildman–Crippen MR) is 124 cm³/mol. The number of carbonyl (C=O) groups is 2. The van der Waals surface area contributed by atoms with Crippen LogP contribution in [0.2, 0.25) is 0 Å². The van der Waals surface area contributed by atoms with Crippen LogP contribution in [0.5, 0.6) is 0 Å². The largest absolute Gasteiger partial charge is 0.393 e. The molecule has 5 aliphatic carbocycles. The van der Waals surface area contributed by atoms with Gasteiger partial charge in [-0.2, -0.15) is 0 Å². The maximum Gasteiger partial charge on any atom is 0.190 e. The lowest BCUT2D eigenvalue weighted by Crippen LogP contribution is -2.62. The summed E-state index contributed by atoms with van der Waals surface area (Å²) in [5.41, 5.74) is -2.40. The first kappa shape index (κ1) is 25.3. The van der Waals surface area contributed by atoms with Crippen molar-refractivity contribution >= 4 is 11.6 Å². The van der Waals surface area contributed by atoms with Crippen molar-refractivity contribution in [2.75, 3.05) is 6.61 Å². The molecule has 0 amide bonds. The van der Waals surface area contributed by atoms with Crippen LogP contribution >= 0.6 is 0 Å². The Morgan fingerprint density at radius 1 is 0.939 bits per heavy atom. The van der Waals surface area contributed by atoms with Crippen LogP contribution in [0.1, 0.15) is 97.3 Å². The zero-order valence-electron chi connectivity index (χ0n) is 20.5. The van der Waals surface area contributed by atoms with E-state index in [1.807, 2.05) is 6.92 Å². The van der Waals surface area contributed by atoms with E-state index in [0.29, 0.717) is 12.3 Å². The molecule has 0 radical (unpaired) electrons. The van der Waals surface area contributed by atoms with Crippen molar-refractivity contribution < 1.29 is 30.0 Å². The molecular formula is C27H44O6. The highest BCUT2D eigenvalue weighted by Crippen LogP contribution is 2.67. The SMILES string of the molecule is C[C@]12CC[C@@H](O)C[C@H]1CC[C@@H]1[C@@H]2C(=O)C[C@@]2(C)[C@H]1CC[C@]2(O)C(=O)CO.OC1CCCCC1. The quantitative estimate of drug-likeness (QED) is 0.499. The summed E-state index contributed by atoms with van der Waals surface area (Å²) in [5.74, 6) is 0.380. The van der Waals surface area contributed by atoms with E-state index in [4.69, 9.17) is 5.11 Å². The van der Waals surface area contributed by atoms with Gasteiger partial charge >= 0.3 is 0 Å². The van der Waals surface area contributed by atoms with E-state index in [9.17, 15) is 24.9 Å². The van der Waals surface area contributed by atoms with E-state index >= 15 is 0 Å². The summed E-state index contributed by atoms with van der Waals surface area (Å²) in [5, 5.41) is 39.5. The van der Waals surface area contributed by atoms with Gasteiger partial charge in [0.2, 0.25) is 0 Å². The van der Waals surface area contributed by atoms with Crippen LogP contribution in [0.25, 0.3) is 0 Å². The molecule has 4 N–H and O–H groups in total. The monoisotopic (exact) mass is 464 g/mol. The average Bonchev–Trinajstić information content (AvgIpc) is 3.05. The summed E-state index contributed by atoms with van der Waals surface area (Å²) in [7, 11) is 0. The third-order valence-electron chi connectivity index (χ3n) is 10.7. The summed E-state index contributed by atoms with van der Waals surface area (Å²) < 4.78 is 0. The first-order valence-electron chi connectivity index (χ1n) is 13.3. The van der Waals surface area contributed by atoms with Crippen LogP contribution in [0.4, 0.5) is 0 Å². The second kappa shape index (κ2) is 9.33. The molecule has 5 rings (SSSR count). The van der Waals surface area contributed by atoms with E-state index in [0.717, 1.165) is 51.4 Å². The normalized spacial score (nSPS) is 47.6. The summed E-state index contributed by atoms with van der Waals surface area (Å²) >= 11 is 0. The molecule has 0 heterocycles. The zero-order chi connectivity index (χ0) is 24.0. The number of ketones is 2. The summed E-state index contributed by atoms with van der Waals surface area (Å²) in [6.45, 7) is 3.46. The molecule has 0 bridgehead atoms. The molecule has 0 aromatic heterocycles. The van der Waals surface area contributed by atoms with Gasteiger partial charge in [-0.05, 0) is 81.0 Å². The molecule has 6 nitrogen and oxygen atoms in total. The Balaban J connectivity index is 0.000000318. The van der Waals surface area contributed by atoms with Crippen molar-refractivity contribution in [3.05, 3.63) is 0 Å². The highest BCUT2D eigenvalue weighted by Gasteiger charge is 2.68. The number of rotatable bonds is 2. The van der Waals surface area contributed by atoms with Crippen LogP contribution in [0, 0.1) is 34.5 Å². The molecule has 0 aliphatic heterocycles. The molecule has 5 fully saturated rings. The fraction of sp³-hybridized carbons (Fsp3) is 0.926. The van der Waals surface area contributed by atoms with Gasteiger partial charge in [0, 0.05) is 17.8 Å². The van der Waals surface area contributed by atoms with Gasteiger partial charge in [-0.25, -0.2) is 0 Å². The van der Waals surface area contributed by atoms with Gasteiger partial charge in [0.1, 0.15) is 18.0 Å². The molecule has 0 unspecified atom stereocenters. The van der Waals surface area contributed by atoms with Crippen molar-refractivity contribution in [1.82, 2.24) is 0 Å². The first-order chi connectivity index (χ1) is 15.6. The highest BCUT2D eigenvalue weighted by molar-refractivity contribution is 5.92. The number of aliphatic hydroxyl groups is 4. The molecule has 8 atom stereocenters. The number of hydrogen-bond acceptors (Lipinski definition) is 6. The van der Waals surface area contributed by atoms with E-state index < -0.39 is 23.4 Å². The minimum atomic E-state index is -1.58. The van der Waals surface area contributed by atoms with Gasteiger partial charge in [0.25, 0.3) is 0 Å². The van der Waals surface area contributed by atoms with Crippen LogP contribution in [-0.4, -0.2) is 56.4 Å². The van der Waals surface area contributed by atoms with Crippen LogP contribution in [-0.2, 0) is 9.59 Å².